The molecule has 14 heteroatoms. The van der Waals surface area contributed by atoms with E-state index in [1.165, 1.54) is 6.07 Å². The van der Waals surface area contributed by atoms with Gasteiger partial charge in [-0.1, -0.05) is 74.8 Å². The van der Waals surface area contributed by atoms with Crippen LogP contribution >= 0.6 is 0 Å². The van der Waals surface area contributed by atoms with Crippen LogP contribution in [0.4, 0.5) is 5.69 Å². The van der Waals surface area contributed by atoms with Crippen LogP contribution in [-0.2, 0) is 58.4 Å². The molecule has 0 fully saturated rings. The minimum Gasteiger partial charge on any atom is -0.677 e. The van der Waals surface area contributed by atoms with Gasteiger partial charge >= 0.3 is 5.97 Å². The Hall–Kier alpha value is -2.00. The summed E-state index contributed by atoms with van der Waals surface area (Å²) in [5.74, 6) is 1.78. The predicted octanol–water partition coefficient (Wildman–Crippen LogP) is 2.96. The molecule has 1 aromatic carbocycles. The molecule has 0 aliphatic rings. The summed E-state index contributed by atoms with van der Waals surface area (Å²) in [5, 5.41) is 17.7. The second-order valence-electron chi connectivity index (χ2n) is 9.74. The zero-order valence-electron chi connectivity index (χ0n) is 27.5. The molecular formula is C29H56N7O6Y-. The van der Waals surface area contributed by atoms with Gasteiger partial charge in [-0.05, 0) is 18.1 Å². The Morgan fingerprint density at radius 2 is 1.56 bits per heavy atom. The molecule has 1 aromatic rings. The number of esters is 1. The van der Waals surface area contributed by atoms with Gasteiger partial charge in [0, 0.05) is 68.7 Å². The third kappa shape index (κ3) is 23.1. The fraction of sp³-hybridized carbons (Fsp3) is 0.655. The van der Waals surface area contributed by atoms with Crippen molar-refractivity contribution in [3.05, 3.63) is 35.1 Å². The van der Waals surface area contributed by atoms with Crippen molar-refractivity contribution >= 4 is 29.4 Å². The number of carbonyl (C=O) groups excluding carboxylic acids is 4. The smallest absolute Gasteiger partial charge is 0.308 e. The number of anilines is 1. The van der Waals surface area contributed by atoms with Crippen LogP contribution in [0.5, 0.6) is 0 Å². The van der Waals surface area contributed by atoms with Gasteiger partial charge in [0.2, 0.25) is 11.8 Å². The normalized spacial score (nSPS) is 10.4. The van der Waals surface area contributed by atoms with Crippen molar-refractivity contribution in [2.24, 2.45) is 23.5 Å². The summed E-state index contributed by atoms with van der Waals surface area (Å²) in [6.45, 7) is 18.0. The van der Waals surface area contributed by atoms with E-state index in [-0.39, 0.29) is 94.3 Å². The Morgan fingerprint density at radius 3 is 2.00 bits per heavy atom. The number of carbonyl (C=O) groups is 4. The molecule has 0 aromatic heterocycles. The molecule has 1 radical (unpaired) electrons. The van der Waals surface area contributed by atoms with E-state index in [1.54, 1.807) is 26.0 Å². The summed E-state index contributed by atoms with van der Waals surface area (Å²) in [6, 6.07) is 4.42. The van der Waals surface area contributed by atoms with Crippen LogP contribution in [0.2, 0.25) is 0 Å². The molecule has 0 bridgehead atoms. The van der Waals surface area contributed by atoms with E-state index in [2.05, 4.69) is 27.2 Å². The Kier molecular flexibility index (Phi) is 33.5. The molecule has 43 heavy (non-hydrogen) atoms. The topological polar surface area (TPSA) is 222 Å². The molecule has 0 heterocycles. The van der Waals surface area contributed by atoms with Gasteiger partial charge in [0.1, 0.15) is 6.61 Å². The maximum absolute atomic E-state index is 12.6. The summed E-state index contributed by atoms with van der Waals surface area (Å²) in [4.78, 5) is 49.3. The largest absolute Gasteiger partial charge is 0.677 e. The van der Waals surface area contributed by atoms with Gasteiger partial charge in [-0.25, -0.2) is 5.90 Å². The first-order chi connectivity index (χ1) is 19.9. The second kappa shape index (κ2) is 30.0. The van der Waals surface area contributed by atoms with E-state index in [0.717, 1.165) is 6.42 Å². The fourth-order valence-corrected chi connectivity index (χ4v) is 3.00. The standard InChI is InChI=1S/C24H39N5O5.C3H8N.C2H6.H3NO.Y/c1-14(2)21(28-16(5)6)23(32)27-12-20(30)29-18-8-7-17(13-34-24(33)15(3)4)19(11-18)22(31)26-10-9-25;1-2-3-4;2*1-2;/h7-8,11,14-16,21,28H,9-10,12-13,25H2,1-6H3,(H,26,31)(H,27,32)(H,29,30);4H,2-3H2,1H3;1-2H3;2H,1H2;/q;-1;;;. The zero-order chi connectivity index (χ0) is 33.3. The van der Waals surface area contributed by atoms with Crippen molar-refractivity contribution in [3.8, 4) is 0 Å². The van der Waals surface area contributed by atoms with E-state index < -0.39 is 17.9 Å². The predicted molar refractivity (Wildman–Crippen MR) is 168 cm³/mol. The maximum atomic E-state index is 12.6. The molecule has 0 saturated heterocycles. The SMILES string of the molecule is CC.CC(C)NC(C(=O)NCC(=O)Nc1ccc(COC(=O)C(C)C)c(C(=O)NCCN)c1)C(C)C.CCC[NH-].NO.[Y]. The Balaban J connectivity index is -0.000000761. The quantitative estimate of drug-likeness (QED) is 0.113. The number of hydrogen-bond donors (Lipinski definition) is 7. The molecule has 1 rings (SSSR count). The molecule has 1 atom stereocenters. The number of nitrogens with two attached hydrogens (primary N) is 2. The van der Waals surface area contributed by atoms with Gasteiger partial charge in [-0.15, -0.1) is 0 Å². The van der Waals surface area contributed by atoms with Crippen LogP contribution in [0.3, 0.4) is 0 Å². The third-order valence-corrected chi connectivity index (χ3v) is 5.04. The van der Waals surface area contributed by atoms with E-state index in [9.17, 15) is 19.2 Å². The Bertz CT molecular complexity index is 900. The van der Waals surface area contributed by atoms with Gasteiger partial charge in [0.15, 0.2) is 0 Å². The molecular weight excluding hydrogens is 631 g/mol. The molecule has 10 N–H and O–H groups in total. The van der Waals surface area contributed by atoms with E-state index in [0.29, 0.717) is 17.8 Å². The van der Waals surface area contributed by atoms with Crippen LogP contribution < -0.4 is 32.9 Å². The van der Waals surface area contributed by atoms with Crippen molar-refractivity contribution in [1.82, 2.24) is 16.0 Å². The van der Waals surface area contributed by atoms with Crippen LogP contribution in [0.15, 0.2) is 18.2 Å². The average Bonchev–Trinajstić information content (AvgIpc) is 2.98. The fourth-order valence-electron chi connectivity index (χ4n) is 3.00. The minimum absolute atomic E-state index is 0. The summed E-state index contributed by atoms with van der Waals surface area (Å²) in [6.07, 6.45) is 0.986. The van der Waals surface area contributed by atoms with Crippen LogP contribution in [0, 0.1) is 11.8 Å². The number of benzene rings is 1. The maximum Gasteiger partial charge on any atom is 0.308 e. The van der Waals surface area contributed by atoms with E-state index in [4.69, 9.17) is 21.4 Å². The molecule has 0 saturated carbocycles. The van der Waals surface area contributed by atoms with Crippen LogP contribution in [-0.4, -0.2) is 67.2 Å². The molecule has 0 spiro atoms. The van der Waals surface area contributed by atoms with E-state index in [1.807, 2.05) is 48.5 Å². The van der Waals surface area contributed by atoms with Crippen molar-refractivity contribution in [1.29, 1.82) is 0 Å². The number of nitrogens with one attached hydrogen (secondary N) is 5. The van der Waals surface area contributed by atoms with Gasteiger partial charge in [-0.2, -0.15) is 6.54 Å². The van der Waals surface area contributed by atoms with Crippen molar-refractivity contribution in [2.45, 2.75) is 87.4 Å². The first kappa shape index (κ1) is 47.9. The van der Waals surface area contributed by atoms with Crippen LogP contribution in [0.25, 0.3) is 5.73 Å². The number of hydrogen-bond acceptors (Lipinski definition) is 9. The Labute approximate surface area is 283 Å². The zero-order valence-corrected chi connectivity index (χ0v) is 30.3. The van der Waals surface area contributed by atoms with E-state index >= 15 is 0 Å². The number of ether oxygens (including phenoxy) is 1. The third-order valence-electron chi connectivity index (χ3n) is 5.04. The minimum atomic E-state index is -0.437. The summed E-state index contributed by atoms with van der Waals surface area (Å²) in [7, 11) is 0. The first-order valence-corrected chi connectivity index (χ1v) is 14.4. The summed E-state index contributed by atoms with van der Waals surface area (Å²) < 4.78 is 5.26. The van der Waals surface area contributed by atoms with Crippen molar-refractivity contribution < 1.29 is 61.8 Å². The monoisotopic (exact) mass is 687 g/mol. The van der Waals surface area contributed by atoms with Gasteiger partial charge < -0.3 is 42.7 Å². The van der Waals surface area contributed by atoms with Crippen LogP contribution in [0.1, 0.15) is 84.7 Å². The van der Waals surface area contributed by atoms with Gasteiger partial charge in [0.05, 0.1) is 18.5 Å². The molecule has 13 nitrogen and oxygen atoms in total. The summed E-state index contributed by atoms with van der Waals surface area (Å²) >= 11 is 0. The molecule has 1 unspecified atom stereocenters. The molecule has 3 amide bonds. The molecule has 247 valence electrons. The Morgan fingerprint density at radius 1 is 1.00 bits per heavy atom. The number of rotatable bonds is 14. The molecule has 0 aliphatic heterocycles. The average molecular weight is 688 g/mol. The molecule has 0 aliphatic carbocycles. The summed E-state index contributed by atoms with van der Waals surface area (Å²) in [5.41, 5.74) is 13.0. The second-order valence-corrected chi connectivity index (χ2v) is 9.74. The first-order valence-electron chi connectivity index (χ1n) is 14.4. The number of amides is 3. The van der Waals surface area contributed by atoms with Crippen molar-refractivity contribution in [2.75, 3.05) is 31.5 Å². The van der Waals surface area contributed by atoms with Crippen molar-refractivity contribution in [3.63, 3.8) is 0 Å². The van der Waals surface area contributed by atoms with Gasteiger partial charge in [-0.3, -0.25) is 19.2 Å². The van der Waals surface area contributed by atoms with Gasteiger partial charge in [0.25, 0.3) is 5.91 Å².